The maximum absolute atomic E-state index is 9.19. The van der Waals surface area contributed by atoms with Crippen molar-refractivity contribution in [3.8, 4) is 0 Å². The Hall–Kier alpha value is -0.160. The largest absolute Gasteiger partial charge is 0.394 e. The number of hydrogen-bond acceptors (Lipinski definition) is 4. The molecular formula is C14H28N2O2. The summed E-state index contributed by atoms with van der Waals surface area (Å²) in [5, 5.41) is 9.19. The van der Waals surface area contributed by atoms with Crippen LogP contribution in [0.2, 0.25) is 0 Å². The molecule has 0 spiro atoms. The lowest BCUT2D eigenvalue weighted by Gasteiger charge is -2.44. The first kappa shape index (κ1) is 14.3. The normalized spacial score (nSPS) is 38.8. The second kappa shape index (κ2) is 6.33. The molecule has 1 unspecified atom stereocenters. The third kappa shape index (κ3) is 3.44. The SMILES string of the molecule is CC1CCC(CN)(CN2CCOC(CO)C2)CC1. The summed E-state index contributed by atoms with van der Waals surface area (Å²) in [5.74, 6) is 0.861. The molecule has 4 heteroatoms. The summed E-state index contributed by atoms with van der Waals surface area (Å²) in [6.45, 7) is 6.92. The highest BCUT2D eigenvalue weighted by molar-refractivity contribution is 4.89. The molecule has 1 aliphatic carbocycles. The Morgan fingerprint density at radius 3 is 2.72 bits per heavy atom. The van der Waals surface area contributed by atoms with Crippen molar-refractivity contribution in [2.75, 3.05) is 39.4 Å². The molecule has 18 heavy (non-hydrogen) atoms. The van der Waals surface area contributed by atoms with Crippen molar-refractivity contribution in [1.29, 1.82) is 0 Å². The van der Waals surface area contributed by atoms with Crippen molar-refractivity contribution in [2.45, 2.75) is 38.7 Å². The first-order chi connectivity index (χ1) is 8.67. The van der Waals surface area contributed by atoms with Gasteiger partial charge in [0.05, 0.1) is 19.3 Å². The molecule has 2 aliphatic rings. The fourth-order valence-electron chi connectivity index (χ4n) is 3.31. The van der Waals surface area contributed by atoms with Crippen molar-refractivity contribution < 1.29 is 9.84 Å². The summed E-state index contributed by atoms with van der Waals surface area (Å²) in [4.78, 5) is 2.44. The molecule has 3 N–H and O–H groups in total. The monoisotopic (exact) mass is 256 g/mol. The Kier molecular flexibility index (Phi) is 5.01. The van der Waals surface area contributed by atoms with E-state index in [9.17, 15) is 5.11 Å². The number of rotatable bonds is 4. The topological polar surface area (TPSA) is 58.7 Å². The fourth-order valence-corrected chi connectivity index (χ4v) is 3.31. The van der Waals surface area contributed by atoms with Crippen LogP contribution in [0.15, 0.2) is 0 Å². The molecule has 0 aromatic heterocycles. The highest BCUT2D eigenvalue weighted by Crippen LogP contribution is 2.38. The van der Waals surface area contributed by atoms with E-state index in [4.69, 9.17) is 10.5 Å². The lowest BCUT2D eigenvalue weighted by molar-refractivity contribution is -0.0657. The molecule has 4 nitrogen and oxygen atoms in total. The van der Waals surface area contributed by atoms with Crippen LogP contribution in [0.4, 0.5) is 0 Å². The van der Waals surface area contributed by atoms with E-state index in [2.05, 4.69) is 11.8 Å². The van der Waals surface area contributed by atoms with Crippen molar-refractivity contribution >= 4 is 0 Å². The van der Waals surface area contributed by atoms with Gasteiger partial charge in [0.2, 0.25) is 0 Å². The number of nitrogens with zero attached hydrogens (tertiary/aromatic N) is 1. The zero-order chi connectivity index (χ0) is 13.0. The van der Waals surface area contributed by atoms with Crippen LogP contribution in [0.1, 0.15) is 32.6 Å². The van der Waals surface area contributed by atoms with Crippen LogP contribution >= 0.6 is 0 Å². The highest BCUT2D eigenvalue weighted by Gasteiger charge is 2.35. The molecule has 0 radical (unpaired) electrons. The fraction of sp³-hybridized carbons (Fsp3) is 1.00. The molecule has 1 saturated heterocycles. The van der Waals surface area contributed by atoms with Gasteiger partial charge in [0.1, 0.15) is 0 Å². The van der Waals surface area contributed by atoms with E-state index in [-0.39, 0.29) is 12.7 Å². The van der Waals surface area contributed by atoms with E-state index in [0.717, 1.165) is 38.7 Å². The summed E-state index contributed by atoms with van der Waals surface area (Å²) in [7, 11) is 0. The van der Waals surface area contributed by atoms with Gasteiger partial charge in [-0.3, -0.25) is 4.90 Å². The second-order valence-corrected chi connectivity index (χ2v) is 6.30. The Bertz CT molecular complexity index is 252. The van der Waals surface area contributed by atoms with Crippen LogP contribution in [-0.4, -0.2) is 55.5 Å². The lowest BCUT2D eigenvalue weighted by Crippen LogP contribution is -2.51. The molecular weight excluding hydrogens is 228 g/mol. The average Bonchev–Trinajstić information content (AvgIpc) is 2.42. The third-order valence-electron chi connectivity index (χ3n) is 4.75. The molecule has 106 valence electrons. The molecule has 0 amide bonds. The van der Waals surface area contributed by atoms with Gasteiger partial charge >= 0.3 is 0 Å². The van der Waals surface area contributed by atoms with Gasteiger partial charge in [-0.15, -0.1) is 0 Å². The Morgan fingerprint density at radius 1 is 1.39 bits per heavy atom. The van der Waals surface area contributed by atoms with Crippen molar-refractivity contribution in [1.82, 2.24) is 4.90 Å². The molecule has 1 heterocycles. The minimum atomic E-state index is -0.00362. The minimum Gasteiger partial charge on any atom is -0.394 e. The summed E-state index contributed by atoms with van der Waals surface area (Å²) in [6.07, 6.45) is 5.13. The van der Waals surface area contributed by atoms with Gasteiger partial charge in [-0.05, 0) is 30.7 Å². The first-order valence-corrected chi connectivity index (χ1v) is 7.32. The van der Waals surface area contributed by atoms with E-state index in [1.807, 2.05) is 0 Å². The predicted octanol–water partition coefficient (Wildman–Crippen LogP) is 0.835. The standard InChI is InChI=1S/C14H28N2O2/c1-12-2-4-14(10-15,5-3-12)11-16-6-7-18-13(8-16)9-17/h12-13,17H,2-11,15H2,1H3. The Morgan fingerprint density at radius 2 is 2.11 bits per heavy atom. The van der Waals surface area contributed by atoms with Gasteiger partial charge < -0.3 is 15.6 Å². The molecule has 0 aromatic carbocycles. The number of aliphatic hydroxyl groups is 1. The van der Waals surface area contributed by atoms with Gasteiger partial charge in [0.15, 0.2) is 0 Å². The van der Waals surface area contributed by atoms with Crippen LogP contribution in [-0.2, 0) is 4.74 Å². The van der Waals surface area contributed by atoms with E-state index in [1.165, 1.54) is 25.7 Å². The van der Waals surface area contributed by atoms with Gasteiger partial charge in [0, 0.05) is 19.6 Å². The summed E-state index contributed by atoms with van der Waals surface area (Å²) < 4.78 is 5.51. The average molecular weight is 256 g/mol. The Labute approximate surface area is 110 Å². The third-order valence-corrected chi connectivity index (χ3v) is 4.75. The maximum atomic E-state index is 9.19. The zero-order valence-corrected chi connectivity index (χ0v) is 11.6. The zero-order valence-electron chi connectivity index (χ0n) is 11.6. The van der Waals surface area contributed by atoms with E-state index in [0.29, 0.717) is 5.41 Å². The molecule has 1 saturated carbocycles. The van der Waals surface area contributed by atoms with Crippen LogP contribution in [0.25, 0.3) is 0 Å². The summed E-state index contributed by atoms with van der Waals surface area (Å²) >= 11 is 0. The van der Waals surface area contributed by atoms with E-state index >= 15 is 0 Å². The van der Waals surface area contributed by atoms with Crippen LogP contribution in [0.3, 0.4) is 0 Å². The van der Waals surface area contributed by atoms with Crippen molar-refractivity contribution in [3.05, 3.63) is 0 Å². The predicted molar refractivity (Wildman–Crippen MR) is 72.4 cm³/mol. The maximum Gasteiger partial charge on any atom is 0.0932 e. The van der Waals surface area contributed by atoms with Crippen LogP contribution in [0, 0.1) is 11.3 Å². The molecule has 0 aromatic rings. The van der Waals surface area contributed by atoms with E-state index < -0.39 is 0 Å². The molecule has 2 rings (SSSR count). The minimum absolute atomic E-state index is 0.00362. The molecule has 1 aliphatic heterocycles. The number of aliphatic hydroxyl groups excluding tert-OH is 1. The van der Waals surface area contributed by atoms with Gasteiger partial charge in [0.25, 0.3) is 0 Å². The smallest absolute Gasteiger partial charge is 0.0932 e. The summed E-state index contributed by atoms with van der Waals surface area (Å²) in [5.41, 5.74) is 6.37. The molecule has 0 bridgehead atoms. The number of morpholine rings is 1. The lowest BCUT2D eigenvalue weighted by atomic mass is 9.70. The molecule has 2 fully saturated rings. The number of nitrogens with two attached hydrogens (primary N) is 1. The number of ether oxygens (including phenoxy) is 1. The van der Waals surface area contributed by atoms with Crippen molar-refractivity contribution in [3.63, 3.8) is 0 Å². The number of hydrogen-bond donors (Lipinski definition) is 2. The summed E-state index contributed by atoms with van der Waals surface area (Å²) in [6, 6.07) is 0. The van der Waals surface area contributed by atoms with Crippen LogP contribution in [0.5, 0.6) is 0 Å². The first-order valence-electron chi connectivity index (χ1n) is 7.32. The van der Waals surface area contributed by atoms with Gasteiger partial charge in [-0.1, -0.05) is 19.8 Å². The second-order valence-electron chi connectivity index (χ2n) is 6.30. The highest BCUT2D eigenvalue weighted by atomic mass is 16.5. The quantitative estimate of drug-likeness (QED) is 0.782. The Balaban J connectivity index is 1.89. The van der Waals surface area contributed by atoms with E-state index in [1.54, 1.807) is 0 Å². The van der Waals surface area contributed by atoms with Gasteiger partial charge in [-0.25, -0.2) is 0 Å². The molecule has 1 atom stereocenters. The van der Waals surface area contributed by atoms with Gasteiger partial charge in [-0.2, -0.15) is 0 Å². The van der Waals surface area contributed by atoms with Crippen LogP contribution < -0.4 is 5.73 Å². The van der Waals surface area contributed by atoms with Crippen molar-refractivity contribution in [2.24, 2.45) is 17.1 Å².